The van der Waals surface area contributed by atoms with Crippen molar-refractivity contribution in [1.29, 1.82) is 0 Å². The zero-order valence-electron chi connectivity index (χ0n) is 12.4. The van der Waals surface area contributed by atoms with Crippen molar-refractivity contribution in [1.82, 2.24) is 4.90 Å². The number of hydrogen-bond acceptors (Lipinski definition) is 5. The van der Waals surface area contributed by atoms with Gasteiger partial charge in [0.15, 0.2) is 9.84 Å². The maximum absolute atomic E-state index is 13.9. The molecule has 0 saturated heterocycles. The van der Waals surface area contributed by atoms with Gasteiger partial charge < -0.3 is 14.4 Å². The van der Waals surface area contributed by atoms with Crippen molar-refractivity contribution in [2.45, 2.75) is 31.1 Å². The van der Waals surface area contributed by atoms with E-state index in [1.165, 1.54) is 6.07 Å². The zero-order chi connectivity index (χ0) is 15.6. The lowest BCUT2D eigenvalue weighted by molar-refractivity contribution is -0.119. The summed E-state index contributed by atoms with van der Waals surface area (Å²) in [5, 5.41) is 0. The number of sulfone groups is 1. The molecule has 0 fully saturated rings. The zero-order valence-corrected chi connectivity index (χ0v) is 13.2. The van der Waals surface area contributed by atoms with E-state index in [2.05, 4.69) is 6.92 Å². The Morgan fingerprint density at radius 3 is 2.76 bits per heavy atom. The van der Waals surface area contributed by atoms with E-state index < -0.39 is 21.9 Å². The first-order valence-corrected chi connectivity index (χ1v) is 8.69. The lowest BCUT2D eigenvalue weighted by Gasteiger charge is -2.29. The van der Waals surface area contributed by atoms with Gasteiger partial charge in [0.05, 0.1) is 23.6 Å². The molecular formula is C14H20FNO4S. The summed E-state index contributed by atoms with van der Waals surface area (Å²) in [6, 6.07) is 2.37. The highest BCUT2D eigenvalue weighted by Gasteiger charge is 2.26. The number of fused-ring (bicyclic) bond motifs is 1. The lowest BCUT2D eigenvalue weighted by Crippen LogP contribution is -2.37. The molecule has 7 heteroatoms. The Labute approximate surface area is 124 Å². The molecular weight excluding hydrogens is 297 g/mol. The van der Waals surface area contributed by atoms with Crippen LogP contribution in [0, 0.1) is 5.82 Å². The molecule has 0 radical (unpaired) electrons. The predicted octanol–water partition coefficient (Wildman–Crippen LogP) is 1.81. The van der Waals surface area contributed by atoms with Gasteiger partial charge >= 0.3 is 0 Å². The SMILES string of the molecule is CCCN(C)CC1OCc2c(F)cc(S(C)(=O)=O)cc2O1. The summed E-state index contributed by atoms with van der Waals surface area (Å²) in [5.74, 6) is -0.370. The van der Waals surface area contributed by atoms with Crippen LogP contribution in [0.25, 0.3) is 0 Å². The summed E-state index contributed by atoms with van der Waals surface area (Å²) < 4.78 is 48.1. The van der Waals surface area contributed by atoms with Gasteiger partial charge in [0.1, 0.15) is 11.6 Å². The third-order valence-corrected chi connectivity index (χ3v) is 4.39. The van der Waals surface area contributed by atoms with E-state index in [9.17, 15) is 12.8 Å². The number of halogens is 1. The van der Waals surface area contributed by atoms with Gasteiger partial charge in [0, 0.05) is 6.26 Å². The van der Waals surface area contributed by atoms with Crippen LogP contribution in [0.15, 0.2) is 17.0 Å². The molecule has 0 saturated carbocycles. The first-order chi connectivity index (χ1) is 9.81. The molecule has 0 N–H and O–H groups in total. The largest absolute Gasteiger partial charge is 0.463 e. The van der Waals surface area contributed by atoms with E-state index in [4.69, 9.17) is 9.47 Å². The fraction of sp³-hybridized carbons (Fsp3) is 0.571. The molecule has 0 aliphatic carbocycles. The molecule has 0 aromatic heterocycles. The van der Waals surface area contributed by atoms with Crippen LogP contribution in [0.2, 0.25) is 0 Å². The molecule has 1 atom stereocenters. The molecule has 2 rings (SSSR count). The highest BCUT2D eigenvalue weighted by molar-refractivity contribution is 7.90. The van der Waals surface area contributed by atoms with Crippen molar-refractivity contribution in [3.8, 4) is 5.75 Å². The fourth-order valence-corrected chi connectivity index (χ4v) is 2.86. The average molecular weight is 317 g/mol. The molecule has 1 aromatic carbocycles. The molecule has 118 valence electrons. The van der Waals surface area contributed by atoms with Gasteiger partial charge in [-0.25, -0.2) is 12.8 Å². The van der Waals surface area contributed by atoms with Gasteiger partial charge in [-0.05, 0) is 32.1 Å². The molecule has 1 aliphatic heterocycles. The molecule has 1 aromatic rings. The molecule has 1 heterocycles. The van der Waals surface area contributed by atoms with Gasteiger partial charge in [0.25, 0.3) is 0 Å². The third kappa shape index (κ3) is 3.93. The van der Waals surface area contributed by atoms with E-state index >= 15 is 0 Å². The number of rotatable bonds is 5. The normalized spacial score (nSPS) is 18.4. The maximum Gasteiger partial charge on any atom is 0.213 e. The van der Waals surface area contributed by atoms with E-state index in [0.29, 0.717) is 6.54 Å². The number of likely N-dealkylation sites (N-methyl/N-ethyl adjacent to an activating group) is 1. The Balaban J connectivity index is 2.21. The van der Waals surface area contributed by atoms with Gasteiger partial charge in [-0.15, -0.1) is 0 Å². The standard InChI is InChI=1S/C14H20FNO4S/c1-4-5-16(2)8-14-19-9-11-12(15)6-10(21(3,17)18)7-13(11)20-14/h6-7,14H,4-5,8-9H2,1-3H3. The van der Waals surface area contributed by atoms with Crippen molar-refractivity contribution < 1.29 is 22.3 Å². The fourth-order valence-electron chi connectivity index (χ4n) is 2.22. The van der Waals surface area contributed by atoms with Crippen molar-refractivity contribution in [2.24, 2.45) is 0 Å². The van der Waals surface area contributed by atoms with E-state index in [1.807, 2.05) is 11.9 Å². The number of nitrogens with zero attached hydrogens (tertiary/aromatic N) is 1. The van der Waals surface area contributed by atoms with Crippen molar-refractivity contribution in [3.63, 3.8) is 0 Å². The number of benzene rings is 1. The van der Waals surface area contributed by atoms with Crippen LogP contribution in [0.4, 0.5) is 4.39 Å². The monoisotopic (exact) mass is 317 g/mol. The second-order valence-corrected chi connectivity index (χ2v) is 7.29. The summed E-state index contributed by atoms with van der Waals surface area (Å²) in [6.07, 6.45) is 1.52. The summed E-state index contributed by atoms with van der Waals surface area (Å²) in [7, 11) is -1.54. The maximum atomic E-state index is 13.9. The minimum atomic E-state index is -3.48. The second-order valence-electron chi connectivity index (χ2n) is 5.27. The molecule has 5 nitrogen and oxygen atoms in total. The van der Waals surface area contributed by atoms with Crippen LogP contribution in [-0.2, 0) is 21.2 Å². The Bertz CT molecular complexity index is 618. The van der Waals surface area contributed by atoms with Crippen LogP contribution in [0.3, 0.4) is 0 Å². The molecule has 0 amide bonds. The summed E-state index contributed by atoms with van der Waals surface area (Å²) in [6.45, 7) is 3.59. The molecule has 0 bridgehead atoms. The lowest BCUT2D eigenvalue weighted by atomic mass is 10.2. The van der Waals surface area contributed by atoms with Crippen LogP contribution in [0.5, 0.6) is 5.75 Å². The summed E-state index contributed by atoms with van der Waals surface area (Å²) >= 11 is 0. The highest BCUT2D eigenvalue weighted by atomic mass is 32.2. The van der Waals surface area contributed by atoms with Crippen LogP contribution in [-0.4, -0.2) is 46.0 Å². The van der Waals surface area contributed by atoms with E-state index in [0.717, 1.165) is 25.3 Å². The quantitative estimate of drug-likeness (QED) is 0.829. The first kappa shape index (κ1) is 16.2. The Morgan fingerprint density at radius 1 is 1.43 bits per heavy atom. The van der Waals surface area contributed by atoms with Crippen molar-refractivity contribution in [2.75, 3.05) is 26.4 Å². The Kier molecular flexibility index (Phi) is 4.85. The van der Waals surface area contributed by atoms with Gasteiger partial charge in [-0.3, -0.25) is 0 Å². The smallest absolute Gasteiger partial charge is 0.213 e. The minimum Gasteiger partial charge on any atom is -0.463 e. The van der Waals surface area contributed by atoms with Crippen LogP contribution < -0.4 is 4.74 Å². The van der Waals surface area contributed by atoms with Gasteiger partial charge in [-0.1, -0.05) is 6.92 Å². The number of ether oxygens (including phenoxy) is 2. The molecule has 1 aliphatic rings. The second kappa shape index (κ2) is 6.29. The van der Waals surface area contributed by atoms with Crippen molar-refractivity contribution >= 4 is 9.84 Å². The predicted molar refractivity (Wildman–Crippen MR) is 76.5 cm³/mol. The molecule has 1 unspecified atom stereocenters. The third-order valence-electron chi connectivity index (χ3n) is 3.29. The topological polar surface area (TPSA) is 55.8 Å². The molecule has 21 heavy (non-hydrogen) atoms. The van der Waals surface area contributed by atoms with Crippen LogP contribution >= 0.6 is 0 Å². The highest BCUT2D eigenvalue weighted by Crippen LogP contribution is 2.31. The average Bonchev–Trinajstić information content (AvgIpc) is 2.37. The summed E-state index contributed by atoms with van der Waals surface area (Å²) in [5.41, 5.74) is 0.261. The van der Waals surface area contributed by atoms with Gasteiger partial charge in [0.2, 0.25) is 6.29 Å². The first-order valence-electron chi connectivity index (χ1n) is 6.80. The van der Waals surface area contributed by atoms with Crippen molar-refractivity contribution in [3.05, 3.63) is 23.5 Å². The van der Waals surface area contributed by atoms with E-state index in [-0.39, 0.29) is 22.8 Å². The molecule has 0 spiro atoms. The number of hydrogen-bond donors (Lipinski definition) is 0. The minimum absolute atomic E-state index is 0.0792. The Morgan fingerprint density at radius 2 is 2.14 bits per heavy atom. The Hall–Kier alpha value is -1.18. The van der Waals surface area contributed by atoms with E-state index in [1.54, 1.807) is 0 Å². The summed E-state index contributed by atoms with van der Waals surface area (Å²) in [4.78, 5) is 1.97. The van der Waals surface area contributed by atoms with Gasteiger partial charge in [-0.2, -0.15) is 0 Å². The van der Waals surface area contributed by atoms with Crippen LogP contribution in [0.1, 0.15) is 18.9 Å².